The molecule has 0 aliphatic rings. The predicted molar refractivity (Wildman–Crippen MR) is 131 cm³/mol. The van der Waals surface area contributed by atoms with E-state index in [1.807, 2.05) is 53.1 Å². The van der Waals surface area contributed by atoms with Crippen molar-refractivity contribution < 1.29 is 13.5 Å². The van der Waals surface area contributed by atoms with Gasteiger partial charge in [0.15, 0.2) is 11.6 Å². The van der Waals surface area contributed by atoms with Crippen molar-refractivity contribution >= 4 is 34.2 Å². The van der Waals surface area contributed by atoms with Crippen LogP contribution in [0.3, 0.4) is 0 Å². The lowest BCUT2D eigenvalue weighted by molar-refractivity contribution is 0.307. The third-order valence-electron chi connectivity index (χ3n) is 5.50. The number of imidazole rings is 1. The summed E-state index contributed by atoms with van der Waals surface area (Å²) in [5.74, 6) is -0.887. The summed E-state index contributed by atoms with van der Waals surface area (Å²) < 4.78 is 36.2. The van der Waals surface area contributed by atoms with Crippen LogP contribution in [0.2, 0.25) is 10.0 Å². The SMILES string of the molecule is Fc1cc2nc(-c3ccc(Cl)cc3OCc3ccccc3Cl)n(Cc3ccccc3)c2cc1F. The van der Waals surface area contributed by atoms with Crippen LogP contribution in [0.4, 0.5) is 8.78 Å². The fraction of sp³-hybridized carbons (Fsp3) is 0.0741. The third-order valence-corrected chi connectivity index (χ3v) is 6.10. The number of nitrogens with zero attached hydrogens (tertiary/aromatic N) is 2. The van der Waals surface area contributed by atoms with Gasteiger partial charge in [-0.15, -0.1) is 0 Å². The topological polar surface area (TPSA) is 27.1 Å². The smallest absolute Gasteiger partial charge is 0.161 e. The van der Waals surface area contributed by atoms with Crippen LogP contribution in [-0.2, 0) is 13.2 Å². The number of aromatic nitrogens is 2. The molecule has 0 fully saturated rings. The van der Waals surface area contributed by atoms with E-state index in [2.05, 4.69) is 4.98 Å². The fourth-order valence-corrected chi connectivity index (χ4v) is 4.18. The van der Waals surface area contributed by atoms with Gasteiger partial charge in [0.25, 0.3) is 0 Å². The first-order chi connectivity index (χ1) is 16.5. The maximum Gasteiger partial charge on any atom is 0.161 e. The molecule has 1 aromatic heterocycles. The molecule has 0 atom stereocenters. The molecule has 5 aromatic rings. The van der Waals surface area contributed by atoms with Gasteiger partial charge in [-0.3, -0.25) is 0 Å². The van der Waals surface area contributed by atoms with Crippen molar-refractivity contribution in [2.24, 2.45) is 0 Å². The highest BCUT2D eigenvalue weighted by Gasteiger charge is 2.19. The Balaban J connectivity index is 1.63. The molecule has 0 saturated carbocycles. The van der Waals surface area contributed by atoms with Gasteiger partial charge < -0.3 is 9.30 Å². The molecule has 0 spiro atoms. The largest absolute Gasteiger partial charge is 0.488 e. The number of hydrogen-bond acceptors (Lipinski definition) is 2. The van der Waals surface area contributed by atoms with Crippen LogP contribution in [0.5, 0.6) is 5.75 Å². The maximum atomic E-state index is 14.2. The van der Waals surface area contributed by atoms with E-state index in [1.165, 1.54) is 6.07 Å². The first-order valence-corrected chi connectivity index (χ1v) is 11.3. The Kier molecular flexibility index (Phi) is 6.22. The Bertz CT molecular complexity index is 1490. The molecule has 7 heteroatoms. The van der Waals surface area contributed by atoms with Gasteiger partial charge in [0.05, 0.1) is 16.6 Å². The predicted octanol–water partition coefficient (Wildman–Crippen LogP) is 7.92. The van der Waals surface area contributed by atoms with E-state index in [0.717, 1.165) is 17.2 Å². The Morgan fingerprint density at radius 2 is 1.56 bits per heavy atom. The Labute approximate surface area is 205 Å². The van der Waals surface area contributed by atoms with Gasteiger partial charge in [-0.05, 0) is 29.8 Å². The van der Waals surface area contributed by atoms with Crippen molar-refractivity contribution in [2.45, 2.75) is 13.2 Å². The molecule has 0 amide bonds. The average molecular weight is 495 g/mol. The van der Waals surface area contributed by atoms with Crippen LogP contribution >= 0.6 is 23.2 Å². The number of halogens is 4. The molecule has 0 aliphatic heterocycles. The van der Waals surface area contributed by atoms with E-state index in [0.29, 0.717) is 44.8 Å². The van der Waals surface area contributed by atoms with Crippen LogP contribution in [0, 0.1) is 11.6 Å². The Morgan fingerprint density at radius 1 is 0.824 bits per heavy atom. The average Bonchev–Trinajstić information content (AvgIpc) is 3.16. The lowest BCUT2D eigenvalue weighted by Crippen LogP contribution is -2.04. The molecule has 170 valence electrons. The minimum atomic E-state index is -0.949. The molecule has 1 heterocycles. The zero-order valence-corrected chi connectivity index (χ0v) is 19.3. The Morgan fingerprint density at radius 3 is 2.35 bits per heavy atom. The van der Waals surface area contributed by atoms with E-state index in [-0.39, 0.29) is 6.61 Å². The van der Waals surface area contributed by atoms with E-state index in [4.69, 9.17) is 27.9 Å². The third kappa shape index (κ3) is 4.49. The minimum absolute atomic E-state index is 0.217. The molecule has 4 aromatic carbocycles. The lowest BCUT2D eigenvalue weighted by atomic mass is 10.1. The van der Waals surface area contributed by atoms with Crippen molar-refractivity contribution in [3.63, 3.8) is 0 Å². The molecule has 0 saturated heterocycles. The summed E-state index contributed by atoms with van der Waals surface area (Å²) in [7, 11) is 0. The standard InChI is InChI=1S/C27H18Cl2F2N2O/c28-19-10-11-20(26(12-19)34-16-18-8-4-5-9-21(18)29)27-32-24-13-22(30)23(31)14-25(24)33(27)15-17-6-2-1-3-7-17/h1-14H,15-16H2. The molecule has 0 aliphatic carbocycles. The van der Waals surface area contributed by atoms with Crippen molar-refractivity contribution in [1.29, 1.82) is 0 Å². The van der Waals surface area contributed by atoms with Gasteiger partial charge in [0, 0.05) is 34.3 Å². The number of hydrogen-bond donors (Lipinski definition) is 0. The number of benzene rings is 4. The van der Waals surface area contributed by atoms with Crippen LogP contribution in [0.1, 0.15) is 11.1 Å². The molecule has 34 heavy (non-hydrogen) atoms. The van der Waals surface area contributed by atoms with Crippen molar-refractivity contribution in [1.82, 2.24) is 9.55 Å². The summed E-state index contributed by atoms with van der Waals surface area (Å²) >= 11 is 12.6. The van der Waals surface area contributed by atoms with Crippen molar-refractivity contribution in [3.05, 3.63) is 118 Å². The van der Waals surface area contributed by atoms with Gasteiger partial charge in [-0.1, -0.05) is 71.7 Å². The quantitative estimate of drug-likeness (QED) is 0.239. The summed E-state index contributed by atoms with van der Waals surface area (Å²) in [6, 6.07) is 24.6. The highest BCUT2D eigenvalue weighted by atomic mass is 35.5. The van der Waals surface area contributed by atoms with E-state index < -0.39 is 11.6 Å². The molecular formula is C27H18Cl2F2N2O. The first-order valence-electron chi connectivity index (χ1n) is 10.5. The highest BCUT2D eigenvalue weighted by Crippen LogP contribution is 2.36. The van der Waals surface area contributed by atoms with Crippen LogP contribution in [0.25, 0.3) is 22.4 Å². The minimum Gasteiger partial charge on any atom is -0.488 e. The van der Waals surface area contributed by atoms with Gasteiger partial charge in [-0.25, -0.2) is 13.8 Å². The molecule has 0 unspecified atom stereocenters. The molecule has 3 nitrogen and oxygen atoms in total. The maximum absolute atomic E-state index is 14.2. The normalized spacial score (nSPS) is 11.2. The molecule has 0 radical (unpaired) electrons. The Hall–Kier alpha value is -3.41. The van der Waals surface area contributed by atoms with Crippen LogP contribution in [-0.4, -0.2) is 9.55 Å². The van der Waals surface area contributed by atoms with E-state index in [9.17, 15) is 8.78 Å². The second-order valence-electron chi connectivity index (χ2n) is 7.78. The number of fused-ring (bicyclic) bond motifs is 1. The van der Waals surface area contributed by atoms with Gasteiger partial charge >= 0.3 is 0 Å². The van der Waals surface area contributed by atoms with Gasteiger partial charge in [0.2, 0.25) is 0 Å². The number of rotatable bonds is 6. The van der Waals surface area contributed by atoms with Crippen molar-refractivity contribution in [2.75, 3.05) is 0 Å². The summed E-state index contributed by atoms with van der Waals surface area (Å²) in [6.07, 6.45) is 0. The van der Waals surface area contributed by atoms with E-state index in [1.54, 1.807) is 24.3 Å². The highest BCUT2D eigenvalue weighted by molar-refractivity contribution is 6.31. The summed E-state index contributed by atoms with van der Waals surface area (Å²) in [6.45, 7) is 0.625. The van der Waals surface area contributed by atoms with E-state index >= 15 is 0 Å². The monoisotopic (exact) mass is 494 g/mol. The molecule has 5 rings (SSSR count). The molecule has 0 N–H and O–H groups in total. The van der Waals surface area contributed by atoms with Gasteiger partial charge in [0.1, 0.15) is 18.2 Å². The summed E-state index contributed by atoms with van der Waals surface area (Å²) in [5, 5.41) is 1.08. The lowest BCUT2D eigenvalue weighted by Gasteiger charge is -2.15. The zero-order valence-electron chi connectivity index (χ0n) is 17.8. The molecular weight excluding hydrogens is 477 g/mol. The summed E-state index contributed by atoms with van der Waals surface area (Å²) in [5.41, 5.74) is 3.27. The second kappa shape index (κ2) is 9.45. The van der Waals surface area contributed by atoms with Crippen LogP contribution < -0.4 is 4.74 Å². The molecule has 0 bridgehead atoms. The summed E-state index contributed by atoms with van der Waals surface area (Å²) in [4.78, 5) is 4.65. The van der Waals surface area contributed by atoms with Crippen molar-refractivity contribution in [3.8, 4) is 17.1 Å². The fourth-order valence-electron chi connectivity index (χ4n) is 3.82. The first kappa shape index (κ1) is 22.4. The van der Waals surface area contributed by atoms with Crippen LogP contribution in [0.15, 0.2) is 84.9 Å². The second-order valence-corrected chi connectivity index (χ2v) is 8.63. The van der Waals surface area contributed by atoms with Gasteiger partial charge in [-0.2, -0.15) is 0 Å². The zero-order chi connectivity index (χ0) is 23.7. The number of ether oxygens (including phenoxy) is 1.